The highest BCUT2D eigenvalue weighted by Crippen LogP contribution is 2.36. The van der Waals surface area contributed by atoms with Crippen LogP contribution in [0.2, 0.25) is 0 Å². The van der Waals surface area contributed by atoms with Gasteiger partial charge >= 0.3 is 5.97 Å². The standard InChI is InChI=1S/C34H38N2O4/c1-22-19-27(31-28(20-22)30(37)23(2)32(40-31)36-17-15-34(4,5)16-18-36)24(3)35-29-14-10-9-13-26(29)33(38)39-21-25-11-7-6-8-12-25/h6-14,19-20,24,35H,15-18,21H2,1-5H3. The van der Waals surface area contributed by atoms with Crippen molar-refractivity contribution in [1.29, 1.82) is 0 Å². The molecule has 0 amide bonds. The summed E-state index contributed by atoms with van der Waals surface area (Å²) in [6, 6.07) is 20.7. The number of carbonyl (C=O) groups excluding carboxylic acids is 1. The minimum absolute atomic E-state index is 0.00289. The number of benzene rings is 3. The first-order chi connectivity index (χ1) is 19.1. The Balaban J connectivity index is 1.46. The molecule has 40 heavy (non-hydrogen) atoms. The zero-order valence-electron chi connectivity index (χ0n) is 24.0. The Hall–Kier alpha value is -4.06. The first-order valence-corrected chi connectivity index (χ1v) is 14.0. The smallest absolute Gasteiger partial charge is 0.340 e. The van der Waals surface area contributed by atoms with E-state index in [1.165, 1.54) is 0 Å². The lowest BCUT2D eigenvalue weighted by Crippen LogP contribution is -2.38. The first kappa shape index (κ1) is 27.5. The molecule has 1 aliphatic heterocycles. The van der Waals surface area contributed by atoms with Crippen LogP contribution in [0.25, 0.3) is 11.0 Å². The fourth-order valence-electron chi connectivity index (χ4n) is 5.39. The average Bonchev–Trinajstić information content (AvgIpc) is 2.94. The highest BCUT2D eigenvalue weighted by molar-refractivity contribution is 5.96. The first-order valence-electron chi connectivity index (χ1n) is 14.0. The van der Waals surface area contributed by atoms with Crippen molar-refractivity contribution in [3.8, 4) is 0 Å². The number of hydrogen-bond acceptors (Lipinski definition) is 6. The Labute approximate surface area is 236 Å². The summed E-state index contributed by atoms with van der Waals surface area (Å²) in [5.74, 6) is 0.265. The number of nitrogens with zero attached hydrogens (tertiary/aromatic N) is 1. The average molecular weight is 539 g/mol. The molecule has 1 unspecified atom stereocenters. The van der Waals surface area contributed by atoms with E-state index in [0.717, 1.165) is 42.6 Å². The zero-order chi connectivity index (χ0) is 28.4. The highest BCUT2D eigenvalue weighted by atomic mass is 16.5. The van der Waals surface area contributed by atoms with E-state index in [4.69, 9.17) is 9.15 Å². The molecule has 6 nitrogen and oxygen atoms in total. The van der Waals surface area contributed by atoms with Crippen molar-refractivity contribution in [2.24, 2.45) is 5.41 Å². The maximum absolute atomic E-state index is 13.6. The Bertz CT molecular complexity index is 1580. The second-order valence-electron chi connectivity index (χ2n) is 11.7. The van der Waals surface area contributed by atoms with E-state index in [0.29, 0.717) is 33.7 Å². The summed E-state index contributed by atoms with van der Waals surface area (Å²) in [6.07, 6.45) is 2.09. The summed E-state index contributed by atoms with van der Waals surface area (Å²) < 4.78 is 12.2. The molecule has 0 spiro atoms. The number of esters is 1. The SMILES string of the molecule is Cc1cc(C(C)Nc2ccccc2C(=O)OCc2ccccc2)c2oc(N3CCC(C)(C)CC3)c(C)c(=O)c2c1. The highest BCUT2D eigenvalue weighted by Gasteiger charge is 2.29. The van der Waals surface area contributed by atoms with Crippen molar-refractivity contribution in [3.05, 3.63) is 105 Å². The molecular weight excluding hydrogens is 500 g/mol. The number of para-hydroxylation sites is 1. The van der Waals surface area contributed by atoms with Gasteiger partial charge in [0.1, 0.15) is 12.2 Å². The molecule has 1 aromatic heterocycles. The molecule has 4 aromatic rings. The van der Waals surface area contributed by atoms with E-state index in [1.54, 1.807) is 6.07 Å². The van der Waals surface area contributed by atoms with Gasteiger partial charge in [0.25, 0.3) is 0 Å². The van der Waals surface area contributed by atoms with E-state index in [1.807, 2.05) is 75.4 Å². The van der Waals surface area contributed by atoms with Gasteiger partial charge in [-0.2, -0.15) is 0 Å². The predicted molar refractivity (Wildman–Crippen MR) is 161 cm³/mol. The van der Waals surface area contributed by atoms with Crippen LogP contribution in [-0.2, 0) is 11.3 Å². The normalized spacial score (nSPS) is 15.6. The zero-order valence-corrected chi connectivity index (χ0v) is 24.0. The van der Waals surface area contributed by atoms with Crippen LogP contribution < -0.4 is 15.6 Å². The van der Waals surface area contributed by atoms with Gasteiger partial charge in [-0.3, -0.25) is 4.79 Å². The van der Waals surface area contributed by atoms with Crippen molar-refractivity contribution >= 4 is 28.5 Å². The summed E-state index contributed by atoms with van der Waals surface area (Å²) in [4.78, 5) is 28.8. The predicted octanol–water partition coefficient (Wildman–Crippen LogP) is 7.57. The minimum Gasteiger partial charge on any atom is -0.457 e. The van der Waals surface area contributed by atoms with E-state index >= 15 is 0 Å². The number of ether oxygens (including phenoxy) is 1. The Morgan fingerprint density at radius 3 is 2.42 bits per heavy atom. The van der Waals surface area contributed by atoms with Crippen LogP contribution in [0.5, 0.6) is 0 Å². The molecular formula is C34H38N2O4. The number of nitrogens with one attached hydrogen (secondary N) is 1. The number of hydrogen-bond donors (Lipinski definition) is 1. The Morgan fingerprint density at radius 1 is 1.02 bits per heavy atom. The number of fused-ring (bicyclic) bond motifs is 1. The molecule has 1 aliphatic rings. The quantitative estimate of drug-likeness (QED) is 0.245. The van der Waals surface area contributed by atoms with E-state index in [-0.39, 0.29) is 23.5 Å². The van der Waals surface area contributed by atoms with E-state index in [2.05, 4.69) is 30.1 Å². The van der Waals surface area contributed by atoms with Gasteiger partial charge in [-0.25, -0.2) is 4.79 Å². The summed E-state index contributed by atoms with van der Waals surface area (Å²) >= 11 is 0. The van der Waals surface area contributed by atoms with Gasteiger partial charge in [0.05, 0.1) is 22.6 Å². The number of piperidine rings is 1. The fourth-order valence-corrected chi connectivity index (χ4v) is 5.39. The number of rotatable bonds is 7. The molecule has 6 heteroatoms. The summed E-state index contributed by atoms with van der Waals surface area (Å²) in [5, 5.41) is 4.07. The minimum atomic E-state index is -0.397. The molecule has 1 N–H and O–H groups in total. The van der Waals surface area contributed by atoms with Crippen LogP contribution in [-0.4, -0.2) is 19.1 Å². The van der Waals surface area contributed by atoms with Gasteiger partial charge in [-0.05, 0) is 68.4 Å². The molecule has 1 saturated heterocycles. The second kappa shape index (κ2) is 11.2. The molecule has 2 heterocycles. The van der Waals surface area contributed by atoms with Crippen LogP contribution in [0.15, 0.2) is 75.9 Å². The van der Waals surface area contributed by atoms with Gasteiger partial charge in [-0.1, -0.05) is 62.4 Å². The van der Waals surface area contributed by atoms with Crippen LogP contribution in [0, 0.1) is 19.3 Å². The van der Waals surface area contributed by atoms with Crippen LogP contribution in [0.3, 0.4) is 0 Å². The molecule has 0 saturated carbocycles. The van der Waals surface area contributed by atoms with Crippen molar-refractivity contribution in [2.75, 3.05) is 23.3 Å². The molecule has 1 atom stereocenters. The molecule has 5 rings (SSSR count). The largest absolute Gasteiger partial charge is 0.457 e. The molecule has 208 valence electrons. The third kappa shape index (κ3) is 5.76. The van der Waals surface area contributed by atoms with Crippen molar-refractivity contribution in [1.82, 2.24) is 0 Å². The molecule has 1 fully saturated rings. The monoisotopic (exact) mass is 538 g/mol. The molecule has 0 radical (unpaired) electrons. The Morgan fingerprint density at radius 2 is 1.70 bits per heavy atom. The molecule has 3 aromatic carbocycles. The fraction of sp³-hybridized carbons (Fsp3) is 0.353. The number of aryl methyl sites for hydroxylation is 1. The van der Waals surface area contributed by atoms with Crippen molar-refractivity contribution < 1.29 is 13.9 Å². The molecule has 0 bridgehead atoms. The van der Waals surface area contributed by atoms with Crippen LogP contribution in [0.1, 0.15) is 72.3 Å². The van der Waals surface area contributed by atoms with Gasteiger partial charge in [-0.15, -0.1) is 0 Å². The summed E-state index contributed by atoms with van der Waals surface area (Å²) in [5.41, 5.74) is 5.43. The third-order valence-electron chi connectivity index (χ3n) is 7.97. The summed E-state index contributed by atoms with van der Waals surface area (Å²) in [7, 11) is 0. The van der Waals surface area contributed by atoms with Crippen molar-refractivity contribution in [3.63, 3.8) is 0 Å². The van der Waals surface area contributed by atoms with Gasteiger partial charge in [0, 0.05) is 24.3 Å². The van der Waals surface area contributed by atoms with Gasteiger partial charge < -0.3 is 19.4 Å². The third-order valence-corrected chi connectivity index (χ3v) is 7.97. The Kier molecular flexibility index (Phi) is 7.70. The van der Waals surface area contributed by atoms with E-state index < -0.39 is 5.97 Å². The van der Waals surface area contributed by atoms with Gasteiger partial charge in [0.15, 0.2) is 5.43 Å². The van der Waals surface area contributed by atoms with Crippen LogP contribution in [0.4, 0.5) is 11.6 Å². The lowest BCUT2D eigenvalue weighted by molar-refractivity contribution is 0.0474. The van der Waals surface area contributed by atoms with Gasteiger partial charge in [0.2, 0.25) is 5.88 Å². The number of carbonyl (C=O) groups is 1. The maximum Gasteiger partial charge on any atom is 0.340 e. The number of anilines is 2. The second-order valence-corrected chi connectivity index (χ2v) is 11.7. The maximum atomic E-state index is 13.6. The van der Waals surface area contributed by atoms with Crippen LogP contribution >= 0.6 is 0 Å². The topological polar surface area (TPSA) is 71.8 Å². The van der Waals surface area contributed by atoms with Crippen molar-refractivity contribution in [2.45, 2.75) is 60.1 Å². The van der Waals surface area contributed by atoms with E-state index in [9.17, 15) is 9.59 Å². The lowest BCUT2D eigenvalue weighted by atomic mass is 9.82. The summed E-state index contributed by atoms with van der Waals surface area (Å²) in [6.45, 7) is 12.4. The lowest BCUT2D eigenvalue weighted by Gasteiger charge is -2.37. The molecule has 0 aliphatic carbocycles.